The number of aliphatic hydroxyl groups is 2. The average molecular weight is 200 g/mol. The van der Waals surface area contributed by atoms with Crippen LogP contribution in [0.3, 0.4) is 0 Å². The van der Waals surface area contributed by atoms with Crippen molar-refractivity contribution in [2.75, 3.05) is 13.2 Å². The molecule has 78 valence electrons. The van der Waals surface area contributed by atoms with E-state index in [1.165, 1.54) is 25.1 Å². The first-order valence-electron chi connectivity index (χ1n) is 4.36. The summed E-state index contributed by atoms with van der Waals surface area (Å²) in [5.41, 5.74) is 0.387. The summed E-state index contributed by atoms with van der Waals surface area (Å²) in [6.45, 7) is 1.54. The van der Waals surface area contributed by atoms with Crippen molar-refractivity contribution in [2.24, 2.45) is 0 Å². The van der Waals surface area contributed by atoms with E-state index in [0.29, 0.717) is 11.3 Å². The molecule has 0 amide bonds. The van der Waals surface area contributed by atoms with E-state index in [1.807, 2.05) is 0 Å². The summed E-state index contributed by atoms with van der Waals surface area (Å²) >= 11 is 0. The van der Waals surface area contributed by atoms with Crippen LogP contribution in [0.25, 0.3) is 0 Å². The highest BCUT2D eigenvalue weighted by molar-refractivity contribution is 5.35. The molecule has 14 heavy (non-hydrogen) atoms. The molecule has 0 radical (unpaired) electrons. The summed E-state index contributed by atoms with van der Waals surface area (Å²) in [7, 11) is 0. The maximum absolute atomic E-state index is 12.8. The molecule has 1 aromatic carbocycles. The summed E-state index contributed by atoms with van der Waals surface area (Å²) in [6.07, 6.45) is -0.792. The van der Waals surface area contributed by atoms with Crippen molar-refractivity contribution in [1.82, 2.24) is 0 Å². The molecule has 1 rings (SSSR count). The second-order valence-electron chi connectivity index (χ2n) is 2.93. The Morgan fingerprint density at radius 3 is 2.79 bits per heavy atom. The third kappa shape index (κ3) is 2.68. The zero-order chi connectivity index (χ0) is 10.6. The number of halogens is 1. The Bertz CT molecular complexity index is 299. The van der Waals surface area contributed by atoms with Gasteiger partial charge >= 0.3 is 0 Å². The van der Waals surface area contributed by atoms with Crippen LogP contribution >= 0.6 is 0 Å². The van der Waals surface area contributed by atoms with E-state index in [4.69, 9.17) is 9.84 Å². The molecule has 1 unspecified atom stereocenters. The van der Waals surface area contributed by atoms with Crippen LogP contribution in [0.1, 0.15) is 18.6 Å². The zero-order valence-corrected chi connectivity index (χ0v) is 7.90. The number of hydrogen-bond acceptors (Lipinski definition) is 3. The van der Waals surface area contributed by atoms with Crippen LogP contribution in [0.4, 0.5) is 4.39 Å². The van der Waals surface area contributed by atoms with E-state index < -0.39 is 11.9 Å². The van der Waals surface area contributed by atoms with Crippen molar-refractivity contribution in [3.8, 4) is 5.75 Å². The second-order valence-corrected chi connectivity index (χ2v) is 2.93. The molecule has 0 saturated heterocycles. The standard InChI is InChI=1S/C10H13FO3/c1-7(13)9-6-8(11)2-3-10(9)14-5-4-12/h2-3,6-7,12-13H,4-5H2,1H3. The van der Waals surface area contributed by atoms with Gasteiger partial charge in [-0.3, -0.25) is 0 Å². The highest BCUT2D eigenvalue weighted by atomic mass is 19.1. The Labute approximate surface area is 81.8 Å². The maximum atomic E-state index is 12.8. The lowest BCUT2D eigenvalue weighted by atomic mass is 10.1. The molecule has 0 heterocycles. The van der Waals surface area contributed by atoms with Crippen LogP contribution < -0.4 is 4.74 Å². The minimum Gasteiger partial charge on any atom is -0.491 e. The van der Waals surface area contributed by atoms with Gasteiger partial charge in [0.05, 0.1) is 12.7 Å². The van der Waals surface area contributed by atoms with E-state index in [-0.39, 0.29) is 13.2 Å². The summed E-state index contributed by atoms with van der Waals surface area (Å²) in [6, 6.07) is 3.91. The molecule has 0 saturated carbocycles. The number of hydrogen-bond donors (Lipinski definition) is 2. The van der Waals surface area contributed by atoms with Crippen LogP contribution in [0, 0.1) is 5.82 Å². The van der Waals surface area contributed by atoms with Crippen molar-refractivity contribution in [3.05, 3.63) is 29.6 Å². The van der Waals surface area contributed by atoms with Gasteiger partial charge in [-0.05, 0) is 25.1 Å². The third-order valence-electron chi connectivity index (χ3n) is 1.77. The molecule has 2 N–H and O–H groups in total. The average Bonchev–Trinajstić information content (AvgIpc) is 2.15. The first-order chi connectivity index (χ1) is 6.65. The van der Waals surface area contributed by atoms with Gasteiger partial charge in [0.25, 0.3) is 0 Å². The van der Waals surface area contributed by atoms with Crippen LogP contribution in [0.15, 0.2) is 18.2 Å². The minimum atomic E-state index is -0.792. The Morgan fingerprint density at radius 2 is 2.21 bits per heavy atom. The number of aliphatic hydroxyl groups excluding tert-OH is 2. The van der Waals surface area contributed by atoms with Gasteiger partial charge in [0.2, 0.25) is 0 Å². The molecule has 0 spiro atoms. The summed E-state index contributed by atoms with van der Waals surface area (Å²) in [4.78, 5) is 0. The Kier molecular flexibility index (Phi) is 3.85. The Morgan fingerprint density at radius 1 is 1.50 bits per heavy atom. The van der Waals surface area contributed by atoms with Crippen LogP contribution in [0.5, 0.6) is 5.75 Å². The largest absolute Gasteiger partial charge is 0.491 e. The molecule has 3 nitrogen and oxygen atoms in total. The van der Waals surface area contributed by atoms with Crippen LogP contribution in [-0.2, 0) is 0 Å². The van der Waals surface area contributed by atoms with E-state index >= 15 is 0 Å². The predicted molar refractivity (Wildman–Crippen MR) is 49.6 cm³/mol. The first-order valence-corrected chi connectivity index (χ1v) is 4.36. The van der Waals surface area contributed by atoms with Gasteiger partial charge in [-0.1, -0.05) is 0 Å². The van der Waals surface area contributed by atoms with Crippen molar-refractivity contribution in [1.29, 1.82) is 0 Å². The van der Waals surface area contributed by atoms with E-state index in [0.717, 1.165) is 0 Å². The molecule has 0 aliphatic carbocycles. The number of benzene rings is 1. The van der Waals surface area contributed by atoms with Gasteiger partial charge in [-0.25, -0.2) is 4.39 Å². The molecule has 1 atom stereocenters. The molecule has 0 bridgehead atoms. The van der Waals surface area contributed by atoms with Crippen molar-refractivity contribution in [3.63, 3.8) is 0 Å². The quantitative estimate of drug-likeness (QED) is 0.769. The monoisotopic (exact) mass is 200 g/mol. The number of rotatable bonds is 4. The molecular formula is C10H13FO3. The summed E-state index contributed by atoms with van der Waals surface area (Å²) < 4.78 is 17.9. The molecule has 1 aromatic rings. The summed E-state index contributed by atoms with van der Waals surface area (Å²) in [5, 5.41) is 17.9. The van der Waals surface area contributed by atoms with Gasteiger partial charge in [0.15, 0.2) is 0 Å². The smallest absolute Gasteiger partial charge is 0.125 e. The first kappa shape index (κ1) is 10.9. The highest BCUT2D eigenvalue weighted by Gasteiger charge is 2.10. The van der Waals surface area contributed by atoms with Crippen molar-refractivity contribution >= 4 is 0 Å². The van der Waals surface area contributed by atoms with Crippen LogP contribution in [0.2, 0.25) is 0 Å². The highest BCUT2D eigenvalue weighted by Crippen LogP contribution is 2.25. The van der Waals surface area contributed by atoms with Crippen LogP contribution in [-0.4, -0.2) is 23.4 Å². The lowest BCUT2D eigenvalue weighted by molar-refractivity contribution is 0.176. The normalized spacial score (nSPS) is 12.6. The Hall–Kier alpha value is -1.13. The minimum absolute atomic E-state index is 0.114. The van der Waals surface area contributed by atoms with E-state index in [9.17, 15) is 9.50 Å². The maximum Gasteiger partial charge on any atom is 0.125 e. The lowest BCUT2D eigenvalue weighted by Crippen LogP contribution is -2.05. The van der Waals surface area contributed by atoms with Crippen molar-refractivity contribution < 1.29 is 19.3 Å². The zero-order valence-electron chi connectivity index (χ0n) is 7.90. The topological polar surface area (TPSA) is 49.7 Å². The molecule has 0 aliphatic heterocycles. The third-order valence-corrected chi connectivity index (χ3v) is 1.77. The number of ether oxygens (including phenoxy) is 1. The van der Waals surface area contributed by atoms with Crippen molar-refractivity contribution in [2.45, 2.75) is 13.0 Å². The Balaban J connectivity index is 2.90. The second kappa shape index (κ2) is 4.93. The summed E-state index contributed by atoms with van der Waals surface area (Å²) in [5.74, 6) is -0.0206. The SMILES string of the molecule is CC(O)c1cc(F)ccc1OCCO. The van der Waals surface area contributed by atoms with Gasteiger partial charge in [-0.15, -0.1) is 0 Å². The molecule has 0 aromatic heterocycles. The fraction of sp³-hybridized carbons (Fsp3) is 0.400. The van der Waals surface area contributed by atoms with Gasteiger partial charge in [0, 0.05) is 5.56 Å². The molecular weight excluding hydrogens is 187 g/mol. The fourth-order valence-corrected chi connectivity index (χ4v) is 1.13. The molecule has 4 heteroatoms. The van der Waals surface area contributed by atoms with Gasteiger partial charge < -0.3 is 14.9 Å². The van der Waals surface area contributed by atoms with E-state index in [1.54, 1.807) is 0 Å². The van der Waals surface area contributed by atoms with E-state index in [2.05, 4.69) is 0 Å². The van der Waals surface area contributed by atoms with Gasteiger partial charge in [-0.2, -0.15) is 0 Å². The lowest BCUT2D eigenvalue weighted by Gasteiger charge is -2.12. The predicted octanol–water partition coefficient (Wildman–Crippen LogP) is 1.25. The fourth-order valence-electron chi connectivity index (χ4n) is 1.13. The molecule has 0 aliphatic rings. The van der Waals surface area contributed by atoms with Gasteiger partial charge in [0.1, 0.15) is 18.2 Å². The molecule has 0 fully saturated rings.